The van der Waals surface area contributed by atoms with Crippen molar-refractivity contribution in [3.63, 3.8) is 0 Å². The molecule has 1 aliphatic heterocycles. The SMILES string of the molecule is CCNC(=NCCc1nc(-c2ccco2)n[nH]1)N1CCN(Cc2cccs2)CC1.I. The van der Waals surface area contributed by atoms with E-state index in [-0.39, 0.29) is 24.0 Å². The number of halogens is 1. The first-order valence-corrected chi connectivity index (χ1v) is 10.9. The first-order chi connectivity index (χ1) is 14.3. The number of hydrogen-bond donors (Lipinski definition) is 2. The summed E-state index contributed by atoms with van der Waals surface area (Å²) >= 11 is 1.83. The minimum absolute atomic E-state index is 0. The van der Waals surface area contributed by atoms with Gasteiger partial charge in [0.05, 0.1) is 6.26 Å². The second kappa shape index (κ2) is 11.5. The molecule has 1 saturated heterocycles. The summed E-state index contributed by atoms with van der Waals surface area (Å²) in [5.41, 5.74) is 0. The molecular weight excluding hydrogens is 513 g/mol. The third kappa shape index (κ3) is 6.05. The lowest BCUT2D eigenvalue weighted by molar-refractivity contribution is 0.173. The molecule has 0 aliphatic carbocycles. The van der Waals surface area contributed by atoms with Crippen LogP contribution in [0.4, 0.5) is 0 Å². The summed E-state index contributed by atoms with van der Waals surface area (Å²) in [6.07, 6.45) is 2.33. The lowest BCUT2D eigenvalue weighted by Crippen LogP contribution is -2.52. The van der Waals surface area contributed by atoms with Gasteiger partial charge in [-0.05, 0) is 30.5 Å². The van der Waals surface area contributed by atoms with Crippen LogP contribution in [0.15, 0.2) is 45.3 Å². The fourth-order valence-electron chi connectivity index (χ4n) is 3.36. The van der Waals surface area contributed by atoms with E-state index < -0.39 is 0 Å². The first-order valence-electron chi connectivity index (χ1n) is 10.0. The number of piperazine rings is 1. The number of H-pyrrole nitrogens is 1. The minimum Gasteiger partial charge on any atom is -0.461 e. The zero-order chi connectivity index (χ0) is 19.9. The van der Waals surface area contributed by atoms with Crippen LogP contribution in [0.1, 0.15) is 17.6 Å². The van der Waals surface area contributed by atoms with Crippen molar-refractivity contribution in [2.45, 2.75) is 19.9 Å². The van der Waals surface area contributed by atoms with E-state index in [1.54, 1.807) is 6.26 Å². The number of nitrogens with zero attached hydrogens (tertiary/aromatic N) is 5. The molecular formula is C20H28IN7OS. The highest BCUT2D eigenvalue weighted by atomic mass is 127. The molecule has 3 aromatic rings. The highest BCUT2D eigenvalue weighted by molar-refractivity contribution is 14.0. The summed E-state index contributed by atoms with van der Waals surface area (Å²) < 4.78 is 5.34. The summed E-state index contributed by atoms with van der Waals surface area (Å²) in [4.78, 5) is 15.6. The number of aromatic nitrogens is 3. The fraction of sp³-hybridized carbons (Fsp3) is 0.450. The normalized spacial score (nSPS) is 15.2. The van der Waals surface area contributed by atoms with Crippen LogP contribution < -0.4 is 5.32 Å². The van der Waals surface area contributed by atoms with Gasteiger partial charge in [-0.3, -0.25) is 15.0 Å². The predicted molar refractivity (Wildman–Crippen MR) is 130 cm³/mol. The van der Waals surface area contributed by atoms with E-state index in [4.69, 9.17) is 9.41 Å². The first kappa shape index (κ1) is 22.8. The van der Waals surface area contributed by atoms with Gasteiger partial charge in [0.15, 0.2) is 11.7 Å². The maximum absolute atomic E-state index is 5.34. The molecule has 8 nitrogen and oxygen atoms in total. The van der Waals surface area contributed by atoms with E-state index in [2.05, 4.69) is 54.7 Å². The minimum atomic E-state index is 0. The fourth-order valence-corrected chi connectivity index (χ4v) is 4.10. The van der Waals surface area contributed by atoms with Crippen molar-refractivity contribution in [1.29, 1.82) is 0 Å². The molecule has 0 spiro atoms. The maximum Gasteiger partial charge on any atom is 0.216 e. The third-order valence-corrected chi connectivity index (χ3v) is 5.71. The summed E-state index contributed by atoms with van der Waals surface area (Å²) in [5.74, 6) is 3.05. The number of aromatic amines is 1. The molecule has 1 aliphatic rings. The average molecular weight is 541 g/mol. The van der Waals surface area contributed by atoms with Crippen LogP contribution in [-0.4, -0.2) is 70.2 Å². The lowest BCUT2D eigenvalue weighted by Gasteiger charge is -2.36. The van der Waals surface area contributed by atoms with Crippen molar-refractivity contribution in [3.05, 3.63) is 46.6 Å². The Morgan fingerprint density at radius 1 is 1.27 bits per heavy atom. The largest absolute Gasteiger partial charge is 0.461 e. The molecule has 0 amide bonds. The Morgan fingerprint density at radius 2 is 2.13 bits per heavy atom. The molecule has 0 aromatic carbocycles. The highest BCUT2D eigenvalue weighted by Gasteiger charge is 2.19. The van der Waals surface area contributed by atoms with Crippen LogP contribution in [0, 0.1) is 0 Å². The molecule has 0 bridgehead atoms. The van der Waals surface area contributed by atoms with E-state index in [9.17, 15) is 0 Å². The zero-order valence-electron chi connectivity index (χ0n) is 17.1. The number of aliphatic imine (C=N–C) groups is 1. The Labute approximate surface area is 197 Å². The van der Waals surface area contributed by atoms with Gasteiger partial charge in [0.2, 0.25) is 5.82 Å². The van der Waals surface area contributed by atoms with Crippen molar-refractivity contribution in [2.75, 3.05) is 39.3 Å². The average Bonchev–Trinajstić information content (AvgIpc) is 3.50. The molecule has 0 saturated carbocycles. The van der Waals surface area contributed by atoms with Gasteiger partial charge in [0.1, 0.15) is 5.82 Å². The van der Waals surface area contributed by atoms with Crippen molar-refractivity contribution < 1.29 is 4.42 Å². The molecule has 4 rings (SSSR count). The summed E-state index contributed by atoms with van der Waals surface area (Å²) in [6, 6.07) is 8.02. The number of hydrogen-bond acceptors (Lipinski definition) is 6. The smallest absolute Gasteiger partial charge is 0.216 e. The van der Waals surface area contributed by atoms with Crippen molar-refractivity contribution in [3.8, 4) is 11.6 Å². The highest BCUT2D eigenvalue weighted by Crippen LogP contribution is 2.15. The molecule has 2 N–H and O–H groups in total. The van der Waals surface area contributed by atoms with Gasteiger partial charge in [-0.15, -0.1) is 35.3 Å². The van der Waals surface area contributed by atoms with E-state index in [1.165, 1.54) is 4.88 Å². The van der Waals surface area contributed by atoms with Gasteiger partial charge in [-0.2, -0.15) is 5.10 Å². The molecule has 1 fully saturated rings. The van der Waals surface area contributed by atoms with Crippen molar-refractivity contribution in [1.82, 2.24) is 30.3 Å². The molecule has 4 heterocycles. The molecule has 162 valence electrons. The van der Waals surface area contributed by atoms with Gasteiger partial charge in [-0.1, -0.05) is 6.07 Å². The van der Waals surface area contributed by atoms with Crippen LogP contribution >= 0.6 is 35.3 Å². The van der Waals surface area contributed by atoms with Crippen LogP contribution in [-0.2, 0) is 13.0 Å². The number of rotatable bonds is 7. The Balaban J connectivity index is 0.00000256. The van der Waals surface area contributed by atoms with Crippen molar-refractivity contribution >= 4 is 41.3 Å². The van der Waals surface area contributed by atoms with E-state index in [0.29, 0.717) is 24.6 Å². The Bertz CT molecular complexity index is 886. The van der Waals surface area contributed by atoms with E-state index >= 15 is 0 Å². The van der Waals surface area contributed by atoms with Gasteiger partial charge >= 0.3 is 0 Å². The predicted octanol–water partition coefficient (Wildman–Crippen LogP) is 3.07. The topological polar surface area (TPSA) is 85.6 Å². The lowest BCUT2D eigenvalue weighted by atomic mass is 10.3. The van der Waals surface area contributed by atoms with Crippen LogP contribution in [0.3, 0.4) is 0 Å². The van der Waals surface area contributed by atoms with E-state index in [1.807, 2.05) is 23.5 Å². The van der Waals surface area contributed by atoms with Crippen LogP contribution in [0.5, 0.6) is 0 Å². The van der Waals surface area contributed by atoms with Gasteiger partial charge in [-0.25, -0.2) is 4.98 Å². The van der Waals surface area contributed by atoms with E-state index in [0.717, 1.165) is 51.1 Å². The Kier molecular flexibility index (Phi) is 8.70. The molecule has 0 unspecified atom stereocenters. The molecule has 30 heavy (non-hydrogen) atoms. The number of guanidine groups is 1. The van der Waals surface area contributed by atoms with Gasteiger partial charge in [0, 0.05) is 57.1 Å². The van der Waals surface area contributed by atoms with Crippen molar-refractivity contribution in [2.24, 2.45) is 4.99 Å². The summed E-state index contributed by atoms with van der Waals surface area (Å²) in [6.45, 7) is 8.75. The summed E-state index contributed by atoms with van der Waals surface area (Å²) in [5, 5.41) is 12.8. The maximum atomic E-state index is 5.34. The second-order valence-corrected chi connectivity index (χ2v) is 7.94. The van der Waals surface area contributed by atoms with Gasteiger partial charge in [0.25, 0.3) is 0 Å². The zero-order valence-corrected chi connectivity index (χ0v) is 20.2. The Morgan fingerprint density at radius 3 is 2.83 bits per heavy atom. The molecule has 0 radical (unpaired) electrons. The number of furan rings is 1. The van der Waals surface area contributed by atoms with Crippen LogP contribution in [0.2, 0.25) is 0 Å². The van der Waals surface area contributed by atoms with Crippen LogP contribution in [0.25, 0.3) is 11.6 Å². The Hall–Kier alpha value is -1.92. The third-order valence-electron chi connectivity index (χ3n) is 4.85. The second-order valence-electron chi connectivity index (χ2n) is 6.91. The quantitative estimate of drug-likeness (QED) is 0.272. The van der Waals surface area contributed by atoms with Gasteiger partial charge < -0.3 is 14.6 Å². The molecule has 10 heteroatoms. The standard InChI is InChI=1S/C20H27N7OS.HI/c1-2-21-20(27-11-9-26(10-12-27)15-16-5-4-14-29-16)22-8-7-18-23-19(25-24-18)17-6-3-13-28-17;/h3-6,13-14H,2,7-12,15H2,1H3,(H,21,22)(H,23,24,25);1H. The number of thiophene rings is 1. The summed E-state index contributed by atoms with van der Waals surface area (Å²) in [7, 11) is 0. The number of nitrogens with one attached hydrogen (secondary N) is 2. The molecule has 3 aromatic heterocycles. The monoisotopic (exact) mass is 541 g/mol. The molecule has 0 atom stereocenters.